The fraction of sp³-hybridized carbons (Fsp3) is 0.364. The average Bonchev–Trinajstić information content (AvgIpc) is 2.21. The lowest BCUT2D eigenvalue weighted by atomic mass is 10.1. The first-order valence-electron chi connectivity index (χ1n) is 4.79. The topological polar surface area (TPSA) is 58.6 Å². The predicted molar refractivity (Wildman–Crippen MR) is 66.2 cm³/mol. The van der Waals surface area contributed by atoms with E-state index < -0.39 is 12.0 Å². The van der Waals surface area contributed by atoms with Crippen molar-refractivity contribution < 1.29 is 14.6 Å². The van der Waals surface area contributed by atoms with E-state index in [2.05, 4.69) is 21.2 Å². The summed E-state index contributed by atoms with van der Waals surface area (Å²) in [6.45, 7) is 3.48. The van der Waals surface area contributed by atoms with Gasteiger partial charge in [-0.2, -0.15) is 0 Å². The smallest absolute Gasteiger partial charge is 0.325 e. The van der Waals surface area contributed by atoms with Crippen molar-refractivity contribution in [3.05, 3.63) is 22.2 Å². The highest BCUT2D eigenvalue weighted by atomic mass is 79.9. The van der Waals surface area contributed by atoms with Crippen molar-refractivity contribution in [1.82, 2.24) is 0 Å². The normalized spacial score (nSPS) is 12.0. The largest absolute Gasteiger partial charge is 0.495 e. The Labute approximate surface area is 103 Å². The van der Waals surface area contributed by atoms with Gasteiger partial charge in [-0.3, -0.25) is 4.79 Å². The van der Waals surface area contributed by atoms with Crippen molar-refractivity contribution in [2.45, 2.75) is 19.9 Å². The molecule has 1 rings (SSSR count). The highest BCUT2D eigenvalue weighted by Gasteiger charge is 2.15. The molecule has 1 atom stereocenters. The Hall–Kier alpha value is -1.23. The minimum Gasteiger partial charge on any atom is -0.495 e. The SMILES string of the molecule is COc1cc(Br)cc(C)c1NC(C)C(=O)O. The first-order chi connectivity index (χ1) is 7.45. The van der Waals surface area contributed by atoms with Gasteiger partial charge in [0.25, 0.3) is 0 Å². The molecule has 0 saturated heterocycles. The van der Waals surface area contributed by atoms with Crippen LogP contribution in [0.4, 0.5) is 5.69 Å². The van der Waals surface area contributed by atoms with Gasteiger partial charge in [-0.05, 0) is 31.5 Å². The molecule has 0 spiro atoms. The van der Waals surface area contributed by atoms with Crippen LogP contribution in [0.1, 0.15) is 12.5 Å². The van der Waals surface area contributed by atoms with Crippen LogP contribution in [0.15, 0.2) is 16.6 Å². The summed E-state index contributed by atoms with van der Waals surface area (Å²) in [6.07, 6.45) is 0. The van der Waals surface area contributed by atoms with E-state index >= 15 is 0 Å². The quantitative estimate of drug-likeness (QED) is 0.894. The summed E-state index contributed by atoms with van der Waals surface area (Å²) in [4.78, 5) is 10.8. The van der Waals surface area contributed by atoms with E-state index in [9.17, 15) is 4.79 Å². The Morgan fingerprint density at radius 2 is 2.19 bits per heavy atom. The number of carbonyl (C=O) groups is 1. The van der Waals surface area contributed by atoms with Crippen molar-refractivity contribution in [2.24, 2.45) is 0 Å². The second-order valence-electron chi connectivity index (χ2n) is 3.50. The van der Waals surface area contributed by atoms with Crippen LogP contribution in [-0.4, -0.2) is 24.2 Å². The second-order valence-corrected chi connectivity index (χ2v) is 4.42. The van der Waals surface area contributed by atoms with Gasteiger partial charge >= 0.3 is 5.97 Å². The number of halogens is 1. The van der Waals surface area contributed by atoms with Crippen LogP contribution < -0.4 is 10.1 Å². The molecule has 0 aliphatic carbocycles. The van der Waals surface area contributed by atoms with Gasteiger partial charge in [0.1, 0.15) is 11.8 Å². The number of carboxylic acids is 1. The van der Waals surface area contributed by atoms with Crippen LogP contribution in [0.2, 0.25) is 0 Å². The molecular weight excluding hydrogens is 274 g/mol. The molecule has 0 radical (unpaired) electrons. The molecule has 5 heteroatoms. The highest BCUT2D eigenvalue weighted by Crippen LogP contribution is 2.32. The monoisotopic (exact) mass is 287 g/mol. The van der Waals surface area contributed by atoms with Crippen molar-refractivity contribution in [3.63, 3.8) is 0 Å². The number of nitrogens with one attached hydrogen (secondary N) is 1. The lowest BCUT2D eigenvalue weighted by Crippen LogP contribution is -2.26. The standard InChI is InChI=1S/C11H14BrNO3/c1-6-4-8(12)5-9(16-3)10(6)13-7(2)11(14)15/h4-5,7,13H,1-3H3,(H,14,15). The first-order valence-corrected chi connectivity index (χ1v) is 5.58. The third-order valence-corrected chi connectivity index (χ3v) is 2.67. The Balaban J connectivity index is 3.07. The molecule has 1 aromatic carbocycles. The highest BCUT2D eigenvalue weighted by molar-refractivity contribution is 9.10. The molecule has 0 aliphatic heterocycles. The molecule has 0 aliphatic rings. The van der Waals surface area contributed by atoms with Crippen LogP contribution in [-0.2, 0) is 4.79 Å². The molecule has 16 heavy (non-hydrogen) atoms. The molecule has 88 valence electrons. The predicted octanol–water partition coefficient (Wildman–Crippen LogP) is 2.65. The van der Waals surface area contributed by atoms with Crippen LogP contribution in [0, 0.1) is 6.92 Å². The summed E-state index contributed by atoms with van der Waals surface area (Å²) in [5.41, 5.74) is 1.64. The average molecular weight is 288 g/mol. The number of rotatable bonds is 4. The number of benzene rings is 1. The molecule has 0 fully saturated rings. The van der Waals surface area contributed by atoms with Crippen molar-refractivity contribution in [1.29, 1.82) is 0 Å². The number of hydrogen-bond donors (Lipinski definition) is 2. The fourth-order valence-corrected chi connectivity index (χ4v) is 1.89. The Kier molecular flexibility index (Phi) is 4.18. The molecule has 0 amide bonds. The molecule has 1 aromatic rings. The maximum atomic E-state index is 10.8. The Morgan fingerprint density at radius 3 is 2.69 bits per heavy atom. The van der Waals surface area contributed by atoms with Gasteiger partial charge in [-0.1, -0.05) is 15.9 Å². The summed E-state index contributed by atoms with van der Waals surface area (Å²) in [6, 6.07) is 3.04. The van der Waals surface area contributed by atoms with Gasteiger partial charge in [-0.15, -0.1) is 0 Å². The molecule has 0 aromatic heterocycles. The maximum Gasteiger partial charge on any atom is 0.325 e. The van der Waals surface area contributed by atoms with Gasteiger partial charge < -0.3 is 15.2 Å². The summed E-state index contributed by atoms with van der Waals surface area (Å²) < 4.78 is 6.10. The molecule has 2 N–H and O–H groups in total. The van der Waals surface area contributed by atoms with Crippen molar-refractivity contribution >= 4 is 27.6 Å². The number of carboxylic acid groups (broad SMARTS) is 1. The minimum absolute atomic E-state index is 0.625. The number of hydrogen-bond acceptors (Lipinski definition) is 3. The van der Waals surface area contributed by atoms with Gasteiger partial charge in [0.2, 0.25) is 0 Å². The molecule has 4 nitrogen and oxygen atoms in total. The zero-order chi connectivity index (χ0) is 12.3. The number of anilines is 1. The van der Waals surface area contributed by atoms with E-state index in [4.69, 9.17) is 9.84 Å². The van der Waals surface area contributed by atoms with E-state index in [1.165, 1.54) is 0 Å². The zero-order valence-electron chi connectivity index (χ0n) is 9.37. The second kappa shape index (κ2) is 5.21. The number of aliphatic carboxylic acids is 1. The molecule has 0 bridgehead atoms. The molecular formula is C11H14BrNO3. The van der Waals surface area contributed by atoms with Crippen molar-refractivity contribution in [3.8, 4) is 5.75 Å². The molecule has 0 saturated carbocycles. The Morgan fingerprint density at radius 1 is 1.56 bits per heavy atom. The number of methoxy groups -OCH3 is 1. The lowest BCUT2D eigenvalue weighted by Gasteiger charge is -2.17. The van der Waals surface area contributed by atoms with E-state index in [0.717, 1.165) is 10.0 Å². The molecule has 1 unspecified atom stereocenters. The van der Waals surface area contributed by atoms with Crippen LogP contribution in [0.3, 0.4) is 0 Å². The summed E-state index contributed by atoms with van der Waals surface area (Å²) >= 11 is 3.36. The van der Waals surface area contributed by atoms with Crippen LogP contribution in [0.25, 0.3) is 0 Å². The Bertz CT molecular complexity index is 406. The zero-order valence-corrected chi connectivity index (χ0v) is 11.0. The van der Waals surface area contributed by atoms with Gasteiger partial charge in [0, 0.05) is 4.47 Å². The van der Waals surface area contributed by atoms with E-state index in [-0.39, 0.29) is 0 Å². The van der Waals surface area contributed by atoms with E-state index in [1.54, 1.807) is 20.1 Å². The number of aryl methyl sites for hydroxylation is 1. The fourth-order valence-electron chi connectivity index (χ4n) is 1.34. The van der Waals surface area contributed by atoms with Gasteiger partial charge in [0.05, 0.1) is 12.8 Å². The summed E-state index contributed by atoms with van der Waals surface area (Å²) in [7, 11) is 1.55. The lowest BCUT2D eigenvalue weighted by molar-refractivity contribution is -0.137. The number of ether oxygens (including phenoxy) is 1. The third kappa shape index (κ3) is 2.88. The summed E-state index contributed by atoms with van der Waals surface area (Å²) in [5, 5.41) is 11.8. The molecule has 0 heterocycles. The van der Waals surface area contributed by atoms with Crippen molar-refractivity contribution in [2.75, 3.05) is 12.4 Å². The third-order valence-electron chi connectivity index (χ3n) is 2.22. The minimum atomic E-state index is -0.899. The van der Waals surface area contributed by atoms with Gasteiger partial charge in [0.15, 0.2) is 0 Å². The van der Waals surface area contributed by atoms with Gasteiger partial charge in [-0.25, -0.2) is 0 Å². The first kappa shape index (κ1) is 12.8. The van der Waals surface area contributed by atoms with E-state index in [0.29, 0.717) is 11.4 Å². The van der Waals surface area contributed by atoms with Crippen LogP contribution in [0.5, 0.6) is 5.75 Å². The van der Waals surface area contributed by atoms with E-state index in [1.807, 2.05) is 13.0 Å². The van der Waals surface area contributed by atoms with Crippen LogP contribution >= 0.6 is 15.9 Å². The maximum absolute atomic E-state index is 10.8. The summed E-state index contributed by atoms with van der Waals surface area (Å²) in [5.74, 6) is -0.274.